The molecule has 0 N–H and O–H groups in total. The van der Waals surface area contributed by atoms with Gasteiger partial charge in [-0.05, 0) is 55.7 Å². The van der Waals surface area contributed by atoms with Gasteiger partial charge in [-0.2, -0.15) is 0 Å². The van der Waals surface area contributed by atoms with Crippen molar-refractivity contribution in [1.29, 1.82) is 0 Å². The third-order valence-electron chi connectivity index (χ3n) is 6.11. The standard InChI is InChI=1S/C19H22BrFN2O2/c20-13-3-4-14(16(21)11-13)17(24)23-9-5-19(6-10-23)12-15(19)18(25)22-7-1-2-8-22/h3-4,11,15H,1-2,5-10,12H2/t15-/m1/s1. The molecular formula is C19H22BrFN2O2. The van der Waals surface area contributed by atoms with E-state index in [4.69, 9.17) is 0 Å². The van der Waals surface area contributed by atoms with Gasteiger partial charge in [0, 0.05) is 36.6 Å². The van der Waals surface area contributed by atoms with Gasteiger partial charge in [0.25, 0.3) is 5.91 Å². The van der Waals surface area contributed by atoms with Crippen molar-refractivity contribution in [3.63, 3.8) is 0 Å². The molecule has 4 rings (SSSR count). The Labute approximate surface area is 155 Å². The van der Waals surface area contributed by atoms with Crippen LogP contribution in [0.3, 0.4) is 0 Å². The van der Waals surface area contributed by atoms with E-state index in [1.54, 1.807) is 11.0 Å². The van der Waals surface area contributed by atoms with Crippen molar-refractivity contribution in [2.24, 2.45) is 11.3 Å². The maximum Gasteiger partial charge on any atom is 0.256 e. The molecule has 25 heavy (non-hydrogen) atoms. The number of amides is 2. The normalized spacial score (nSPS) is 24.6. The number of likely N-dealkylation sites (tertiary alicyclic amines) is 2. The Kier molecular flexibility index (Phi) is 4.34. The van der Waals surface area contributed by atoms with E-state index in [9.17, 15) is 14.0 Å². The maximum absolute atomic E-state index is 14.0. The number of carbonyl (C=O) groups is 2. The summed E-state index contributed by atoms with van der Waals surface area (Å²) in [6.07, 6.45) is 4.89. The Hall–Kier alpha value is -1.43. The molecule has 1 saturated carbocycles. The van der Waals surface area contributed by atoms with E-state index in [-0.39, 0.29) is 22.8 Å². The van der Waals surface area contributed by atoms with Gasteiger partial charge in [-0.15, -0.1) is 0 Å². The number of carbonyl (C=O) groups excluding carboxylic acids is 2. The number of piperidine rings is 1. The zero-order valence-corrected chi connectivity index (χ0v) is 15.7. The van der Waals surface area contributed by atoms with Crippen molar-refractivity contribution in [2.45, 2.75) is 32.1 Å². The Morgan fingerprint density at radius 1 is 1.08 bits per heavy atom. The molecule has 134 valence electrons. The van der Waals surface area contributed by atoms with Crippen LogP contribution in [-0.2, 0) is 4.79 Å². The molecule has 2 heterocycles. The van der Waals surface area contributed by atoms with Crippen molar-refractivity contribution in [1.82, 2.24) is 9.80 Å². The fourth-order valence-corrected chi connectivity index (χ4v) is 4.73. The molecular weight excluding hydrogens is 387 g/mol. The van der Waals surface area contributed by atoms with E-state index in [2.05, 4.69) is 15.9 Å². The van der Waals surface area contributed by atoms with Crippen LogP contribution in [0.4, 0.5) is 4.39 Å². The monoisotopic (exact) mass is 408 g/mol. The van der Waals surface area contributed by atoms with Crippen LogP contribution in [0.25, 0.3) is 0 Å². The molecule has 1 aliphatic carbocycles. The minimum absolute atomic E-state index is 0.0920. The van der Waals surface area contributed by atoms with Crippen molar-refractivity contribution < 1.29 is 14.0 Å². The highest BCUT2D eigenvalue weighted by atomic mass is 79.9. The first kappa shape index (κ1) is 17.0. The predicted octanol–water partition coefficient (Wildman–Crippen LogP) is 3.45. The van der Waals surface area contributed by atoms with Crippen molar-refractivity contribution in [3.05, 3.63) is 34.1 Å². The highest BCUT2D eigenvalue weighted by Gasteiger charge is 2.59. The van der Waals surface area contributed by atoms with Crippen LogP contribution in [0.1, 0.15) is 42.5 Å². The molecule has 0 radical (unpaired) electrons. The van der Waals surface area contributed by atoms with Crippen LogP contribution < -0.4 is 0 Å². The van der Waals surface area contributed by atoms with E-state index in [1.165, 1.54) is 12.1 Å². The molecule has 1 atom stereocenters. The lowest BCUT2D eigenvalue weighted by molar-refractivity contribution is -0.132. The van der Waals surface area contributed by atoms with Crippen LogP contribution >= 0.6 is 15.9 Å². The Bertz CT molecular complexity index is 709. The summed E-state index contributed by atoms with van der Waals surface area (Å²) in [6, 6.07) is 4.54. The Morgan fingerprint density at radius 2 is 1.76 bits per heavy atom. The zero-order valence-electron chi connectivity index (χ0n) is 14.1. The Morgan fingerprint density at radius 3 is 2.40 bits per heavy atom. The second-order valence-corrected chi connectivity index (χ2v) is 8.48. The summed E-state index contributed by atoms with van der Waals surface area (Å²) >= 11 is 3.21. The minimum Gasteiger partial charge on any atom is -0.342 e. The van der Waals surface area contributed by atoms with Crippen LogP contribution in [0.5, 0.6) is 0 Å². The second kappa shape index (κ2) is 6.38. The topological polar surface area (TPSA) is 40.6 Å². The lowest BCUT2D eigenvalue weighted by Crippen LogP contribution is -2.41. The van der Waals surface area contributed by atoms with Crippen molar-refractivity contribution >= 4 is 27.7 Å². The lowest BCUT2D eigenvalue weighted by Gasteiger charge is -2.33. The summed E-state index contributed by atoms with van der Waals surface area (Å²) in [5, 5.41) is 0. The van der Waals surface area contributed by atoms with Gasteiger partial charge < -0.3 is 9.80 Å². The van der Waals surface area contributed by atoms with Crippen LogP contribution in [-0.4, -0.2) is 47.8 Å². The summed E-state index contributed by atoms with van der Waals surface area (Å²) < 4.78 is 14.7. The van der Waals surface area contributed by atoms with E-state index in [1.807, 2.05) is 4.90 Å². The lowest BCUT2D eigenvalue weighted by atomic mass is 9.90. The molecule has 4 nitrogen and oxygen atoms in total. The predicted molar refractivity (Wildman–Crippen MR) is 95.6 cm³/mol. The quantitative estimate of drug-likeness (QED) is 0.751. The molecule has 2 aliphatic heterocycles. The van der Waals surface area contributed by atoms with E-state index in [0.717, 1.165) is 45.2 Å². The van der Waals surface area contributed by atoms with Gasteiger partial charge in [0.05, 0.1) is 5.56 Å². The van der Waals surface area contributed by atoms with E-state index < -0.39 is 5.82 Å². The number of rotatable bonds is 2. The first-order chi connectivity index (χ1) is 12.0. The molecule has 0 bridgehead atoms. The number of hydrogen-bond donors (Lipinski definition) is 0. The average Bonchev–Trinajstić information content (AvgIpc) is 3.04. The molecule has 1 aromatic carbocycles. The molecule has 3 aliphatic rings. The fraction of sp³-hybridized carbons (Fsp3) is 0.579. The van der Waals surface area contributed by atoms with Crippen molar-refractivity contribution in [2.75, 3.05) is 26.2 Å². The first-order valence-electron chi connectivity index (χ1n) is 9.03. The summed E-state index contributed by atoms with van der Waals surface area (Å²) in [5.41, 5.74) is 0.217. The van der Waals surface area contributed by atoms with Crippen molar-refractivity contribution in [3.8, 4) is 0 Å². The number of benzene rings is 1. The third kappa shape index (κ3) is 3.09. The molecule has 2 saturated heterocycles. The van der Waals surface area contributed by atoms with E-state index >= 15 is 0 Å². The van der Waals surface area contributed by atoms with Crippen LogP contribution in [0, 0.1) is 17.2 Å². The highest BCUT2D eigenvalue weighted by molar-refractivity contribution is 9.10. The average molecular weight is 409 g/mol. The summed E-state index contributed by atoms with van der Waals surface area (Å²) in [5.74, 6) is -0.278. The Balaban J connectivity index is 1.37. The van der Waals surface area contributed by atoms with Gasteiger partial charge in [-0.25, -0.2) is 4.39 Å². The summed E-state index contributed by atoms with van der Waals surface area (Å²) in [4.78, 5) is 28.9. The van der Waals surface area contributed by atoms with Crippen LogP contribution in [0.2, 0.25) is 0 Å². The smallest absolute Gasteiger partial charge is 0.256 e. The molecule has 0 aromatic heterocycles. The minimum atomic E-state index is -0.492. The number of halogens is 2. The molecule has 2 amide bonds. The SMILES string of the molecule is O=C(c1ccc(Br)cc1F)N1CCC2(CC1)C[C@@H]2C(=O)N1CCCC1. The molecule has 1 aromatic rings. The van der Waals surface area contributed by atoms with Gasteiger partial charge in [0.15, 0.2) is 0 Å². The maximum atomic E-state index is 14.0. The van der Waals surface area contributed by atoms with Crippen LogP contribution in [0.15, 0.2) is 22.7 Å². The molecule has 3 fully saturated rings. The zero-order chi connectivity index (χ0) is 17.6. The largest absolute Gasteiger partial charge is 0.342 e. The number of nitrogens with zero attached hydrogens (tertiary/aromatic N) is 2. The first-order valence-corrected chi connectivity index (χ1v) is 9.83. The van der Waals surface area contributed by atoms with Gasteiger partial charge in [0.2, 0.25) is 5.91 Å². The third-order valence-corrected chi connectivity index (χ3v) is 6.61. The fourth-order valence-electron chi connectivity index (χ4n) is 4.40. The summed E-state index contributed by atoms with van der Waals surface area (Å²) in [6.45, 7) is 3.02. The highest BCUT2D eigenvalue weighted by Crippen LogP contribution is 2.60. The van der Waals surface area contributed by atoms with Gasteiger partial charge in [-0.1, -0.05) is 15.9 Å². The van der Waals surface area contributed by atoms with Gasteiger partial charge in [0.1, 0.15) is 5.82 Å². The molecule has 6 heteroatoms. The molecule has 0 unspecified atom stereocenters. The number of hydrogen-bond acceptors (Lipinski definition) is 2. The summed E-state index contributed by atoms with van der Waals surface area (Å²) in [7, 11) is 0. The van der Waals surface area contributed by atoms with Gasteiger partial charge in [-0.3, -0.25) is 9.59 Å². The molecule has 1 spiro atoms. The van der Waals surface area contributed by atoms with E-state index in [0.29, 0.717) is 23.5 Å². The second-order valence-electron chi connectivity index (χ2n) is 7.57. The van der Waals surface area contributed by atoms with Gasteiger partial charge >= 0.3 is 0 Å².